The minimum absolute atomic E-state index is 0.000554. The quantitative estimate of drug-likeness (QED) is 0.735. The van der Waals surface area contributed by atoms with Crippen LogP contribution in [0.3, 0.4) is 0 Å². The third-order valence-corrected chi connectivity index (χ3v) is 4.38. The minimum atomic E-state index is -0.574. The molecule has 1 N–H and O–H groups in total. The van der Waals surface area contributed by atoms with Gasteiger partial charge in [0.25, 0.3) is 5.56 Å². The van der Waals surface area contributed by atoms with Crippen LogP contribution in [-0.2, 0) is 4.74 Å². The molecule has 8 nitrogen and oxygen atoms in total. The second-order valence-electron chi connectivity index (χ2n) is 6.20. The topological polar surface area (TPSA) is 93.2 Å². The third-order valence-electron chi connectivity index (χ3n) is 4.38. The molecule has 28 heavy (non-hydrogen) atoms. The zero-order valence-electron chi connectivity index (χ0n) is 15.2. The Labute approximate surface area is 159 Å². The second-order valence-corrected chi connectivity index (χ2v) is 6.20. The maximum absolute atomic E-state index is 13.9. The van der Waals surface area contributed by atoms with Crippen molar-refractivity contribution in [3.63, 3.8) is 0 Å². The molecule has 9 heteroatoms. The summed E-state index contributed by atoms with van der Waals surface area (Å²) in [6.07, 6.45) is 6.74. The van der Waals surface area contributed by atoms with E-state index in [-0.39, 0.29) is 22.2 Å². The largest absolute Gasteiger partial charge is 0.494 e. The van der Waals surface area contributed by atoms with Gasteiger partial charge in [-0.3, -0.25) is 4.79 Å². The number of H-pyrrole nitrogens is 1. The predicted octanol–water partition coefficient (Wildman–Crippen LogP) is 1.87. The minimum Gasteiger partial charge on any atom is -0.494 e. The summed E-state index contributed by atoms with van der Waals surface area (Å²) in [5, 5.41) is 0.258. The van der Waals surface area contributed by atoms with E-state index in [1.54, 1.807) is 24.5 Å². The number of benzene rings is 1. The molecule has 0 bridgehead atoms. The van der Waals surface area contributed by atoms with Gasteiger partial charge in [-0.25, -0.2) is 19.3 Å². The SMILES string of the molecule is COc1cc2c(=O)[nH]c(/C=C/c3cnc(N4CCOCC4)nc3)nc2cc1F. The highest BCUT2D eigenvalue weighted by Crippen LogP contribution is 2.21. The molecular formula is C19H18FN5O3. The summed E-state index contributed by atoms with van der Waals surface area (Å²) in [6, 6.07) is 2.52. The molecule has 0 aliphatic carbocycles. The lowest BCUT2D eigenvalue weighted by Gasteiger charge is -2.26. The number of anilines is 1. The van der Waals surface area contributed by atoms with Gasteiger partial charge in [0.2, 0.25) is 5.95 Å². The van der Waals surface area contributed by atoms with E-state index in [9.17, 15) is 9.18 Å². The lowest BCUT2D eigenvalue weighted by atomic mass is 10.2. The van der Waals surface area contributed by atoms with Crippen LogP contribution in [0.4, 0.5) is 10.3 Å². The van der Waals surface area contributed by atoms with Crippen molar-refractivity contribution in [3.05, 3.63) is 52.1 Å². The number of fused-ring (bicyclic) bond motifs is 1. The molecule has 1 fully saturated rings. The van der Waals surface area contributed by atoms with Crippen LogP contribution in [0.2, 0.25) is 0 Å². The Morgan fingerprint density at radius 1 is 1.21 bits per heavy atom. The van der Waals surface area contributed by atoms with E-state index < -0.39 is 5.82 Å². The van der Waals surface area contributed by atoms with Crippen LogP contribution in [-0.4, -0.2) is 53.3 Å². The number of rotatable bonds is 4. The van der Waals surface area contributed by atoms with Gasteiger partial charge in [0.05, 0.1) is 31.2 Å². The first-order chi connectivity index (χ1) is 13.6. The van der Waals surface area contributed by atoms with Crippen molar-refractivity contribution in [2.24, 2.45) is 0 Å². The smallest absolute Gasteiger partial charge is 0.259 e. The Bertz CT molecular complexity index is 1080. The molecule has 3 aromatic rings. The van der Waals surface area contributed by atoms with Crippen LogP contribution in [0.25, 0.3) is 23.1 Å². The molecule has 0 amide bonds. The van der Waals surface area contributed by atoms with Gasteiger partial charge >= 0.3 is 0 Å². The molecule has 0 saturated carbocycles. The molecule has 0 radical (unpaired) electrons. The van der Waals surface area contributed by atoms with Gasteiger partial charge in [0, 0.05) is 37.1 Å². The van der Waals surface area contributed by atoms with E-state index in [1.807, 2.05) is 0 Å². The fourth-order valence-corrected chi connectivity index (χ4v) is 2.91. The van der Waals surface area contributed by atoms with Crippen molar-refractivity contribution in [1.29, 1.82) is 0 Å². The van der Waals surface area contributed by atoms with Gasteiger partial charge in [-0.15, -0.1) is 0 Å². The van der Waals surface area contributed by atoms with Crippen molar-refractivity contribution in [1.82, 2.24) is 19.9 Å². The number of hydrogen-bond donors (Lipinski definition) is 1. The second kappa shape index (κ2) is 7.73. The lowest BCUT2D eigenvalue weighted by molar-refractivity contribution is 0.122. The Hall–Kier alpha value is -3.33. The number of hydrogen-bond acceptors (Lipinski definition) is 7. The molecule has 1 aliphatic heterocycles. The van der Waals surface area contributed by atoms with Gasteiger partial charge in [-0.1, -0.05) is 0 Å². The number of methoxy groups -OCH3 is 1. The Kier molecular flexibility index (Phi) is 4.98. The molecule has 3 heterocycles. The van der Waals surface area contributed by atoms with Crippen molar-refractivity contribution < 1.29 is 13.9 Å². The molecular weight excluding hydrogens is 365 g/mol. The Morgan fingerprint density at radius 2 is 1.96 bits per heavy atom. The van der Waals surface area contributed by atoms with Gasteiger partial charge in [-0.05, 0) is 18.2 Å². The Morgan fingerprint density at radius 3 is 2.68 bits per heavy atom. The predicted molar refractivity (Wildman–Crippen MR) is 103 cm³/mol. The van der Waals surface area contributed by atoms with E-state index in [4.69, 9.17) is 9.47 Å². The summed E-state index contributed by atoms with van der Waals surface area (Å²) < 4.78 is 24.1. The van der Waals surface area contributed by atoms with Crippen LogP contribution in [0.15, 0.2) is 29.3 Å². The average molecular weight is 383 g/mol. The summed E-state index contributed by atoms with van der Waals surface area (Å²) in [7, 11) is 1.34. The molecule has 1 aromatic carbocycles. The van der Waals surface area contributed by atoms with Gasteiger partial charge in [0.15, 0.2) is 11.6 Å². The van der Waals surface area contributed by atoms with Crippen molar-refractivity contribution in [3.8, 4) is 5.75 Å². The highest BCUT2D eigenvalue weighted by molar-refractivity contribution is 5.80. The van der Waals surface area contributed by atoms with E-state index in [0.717, 1.165) is 18.7 Å². The molecule has 0 unspecified atom stereocenters. The average Bonchev–Trinajstić information content (AvgIpc) is 2.73. The van der Waals surface area contributed by atoms with Crippen LogP contribution in [0, 0.1) is 5.82 Å². The zero-order valence-corrected chi connectivity index (χ0v) is 15.2. The maximum atomic E-state index is 13.9. The van der Waals surface area contributed by atoms with E-state index >= 15 is 0 Å². The highest BCUT2D eigenvalue weighted by atomic mass is 19.1. The monoisotopic (exact) mass is 383 g/mol. The number of aromatic amines is 1. The standard InChI is InChI=1S/C19H18FN5O3/c1-27-16-8-13-15(9-14(16)20)23-17(24-18(13)26)3-2-12-10-21-19(22-11-12)25-4-6-28-7-5-25/h2-3,8-11H,4-7H2,1H3,(H,23,24,26)/b3-2+. The van der Waals surface area contributed by atoms with Crippen molar-refractivity contribution >= 4 is 29.0 Å². The maximum Gasteiger partial charge on any atom is 0.259 e. The van der Waals surface area contributed by atoms with Crippen LogP contribution < -0.4 is 15.2 Å². The fourth-order valence-electron chi connectivity index (χ4n) is 2.91. The van der Waals surface area contributed by atoms with Crippen molar-refractivity contribution in [2.45, 2.75) is 0 Å². The molecule has 1 saturated heterocycles. The van der Waals surface area contributed by atoms with Gasteiger partial charge in [-0.2, -0.15) is 0 Å². The van der Waals surface area contributed by atoms with Crippen LogP contribution in [0.5, 0.6) is 5.75 Å². The molecule has 0 spiro atoms. The zero-order chi connectivity index (χ0) is 19.5. The number of nitrogens with one attached hydrogen (secondary N) is 1. The summed E-state index contributed by atoms with van der Waals surface area (Å²) >= 11 is 0. The first-order valence-corrected chi connectivity index (χ1v) is 8.74. The first kappa shape index (κ1) is 18.1. The van der Waals surface area contributed by atoms with Crippen LogP contribution in [0.1, 0.15) is 11.4 Å². The van der Waals surface area contributed by atoms with E-state index in [1.165, 1.54) is 19.2 Å². The number of ether oxygens (including phenoxy) is 2. The molecule has 4 rings (SSSR count). The number of aromatic nitrogens is 4. The fraction of sp³-hybridized carbons (Fsp3) is 0.263. The third kappa shape index (κ3) is 3.70. The van der Waals surface area contributed by atoms with E-state index in [0.29, 0.717) is 25.0 Å². The Balaban J connectivity index is 1.57. The van der Waals surface area contributed by atoms with Gasteiger partial charge < -0.3 is 19.4 Å². The molecule has 1 aliphatic rings. The lowest BCUT2D eigenvalue weighted by Crippen LogP contribution is -2.37. The summed E-state index contributed by atoms with van der Waals surface area (Å²) in [6.45, 7) is 2.86. The molecule has 0 atom stereocenters. The molecule has 2 aromatic heterocycles. The molecule has 144 valence electrons. The number of halogens is 1. The van der Waals surface area contributed by atoms with E-state index in [2.05, 4.69) is 24.8 Å². The highest BCUT2D eigenvalue weighted by Gasteiger charge is 2.13. The number of morpholine rings is 1. The van der Waals surface area contributed by atoms with Gasteiger partial charge in [0.1, 0.15) is 5.82 Å². The summed E-state index contributed by atoms with van der Waals surface area (Å²) in [5.41, 5.74) is 0.628. The first-order valence-electron chi connectivity index (χ1n) is 8.74. The van der Waals surface area contributed by atoms with Crippen molar-refractivity contribution in [2.75, 3.05) is 38.3 Å². The van der Waals surface area contributed by atoms with Crippen LogP contribution >= 0.6 is 0 Å². The number of nitrogens with zero attached hydrogens (tertiary/aromatic N) is 4. The summed E-state index contributed by atoms with van der Waals surface area (Å²) in [4.78, 5) is 30.0. The normalized spacial score (nSPS) is 14.7. The summed E-state index contributed by atoms with van der Waals surface area (Å²) in [5.74, 6) is 0.386.